The molecule has 0 amide bonds. The van der Waals surface area contributed by atoms with E-state index >= 15 is 0 Å². The van der Waals surface area contributed by atoms with Crippen LogP contribution in [0.25, 0.3) is 0 Å². The number of rotatable bonds is 5. The fraction of sp³-hybridized carbons (Fsp3) is 0.133. The van der Waals surface area contributed by atoms with E-state index in [-0.39, 0.29) is 0 Å². The molecule has 4 heteroatoms. The molecule has 2 aromatic carbocycles. The lowest BCUT2D eigenvalue weighted by Crippen LogP contribution is -1.91. The van der Waals surface area contributed by atoms with Crippen molar-refractivity contribution in [2.75, 3.05) is 7.11 Å². The molecule has 2 rings (SSSR count). The Kier molecular flexibility index (Phi) is 4.81. The third-order valence-corrected chi connectivity index (χ3v) is 2.69. The fourth-order valence-electron chi connectivity index (χ4n) is 1.55. The summed E-state index contributed by atoms with van der Waals surface area (Å²) in [5, 5.41) is 4.48. The molecule has 0 saturated carbocycles. The van der Waals surface area contributed by atoms with E-state index in [0.29, 0.717) is 17.4 Å². The van der Waals surface area contributed by atoms with Crippen molar-refractivity contribution in [1.29, 1.82) is 0 Å². The number of halogens is 1. The van der Waals surface area contributed by atoms with Gasteiger partial charge in [-0.25, -0.2) is 0 Å². The molecule has 0 saturated heterocycles. The molecule has 3 nitrogen and oxygen atoms in total. The predicted octanol–water partition coefficient (Wildman–Crippen LogP) is 3.78. The monoisotopic (exact) mass is 274 g/mol. The van der Waals surface area contributed by atoms with Crippen LogP contribution in [0.15, 0.2) is 53.7 Å². The highest BCUT2D eigenvalue weighted by molar-refractivity contribution is 6.30. The number of para-hydroxylation sites is 1. The zero-order valence-electron chi connectivity index (χ0n) is 10.5. The number of hydrogen-bond donors (Lipinski definition) is 0. The molecule has 1 radical (unpaired) electrons. The van der Waals surface area contributed by atoms with Crippen molar-refractivity contribution >= 4 is 17.8 Å². The first-order valence-electron chi connectivity index (χ1n) is 5.75. The van der Waals surface area contributed by atoms with Gasteiger partial charge in [0.1, 0.15) is 18.6 Å². The van der Waals surface area contributed by atoms with Gasteiger partial charge < -0.3 is 9.57 Å². The normalized spacial score (nSPS) is 10.6. The molecular formula is C15H13ClNO2. The fourth-order valence-corrected chi connectivity index (χ4v) is 1.76. The Hall–Kier alpha value is -2.00. The largest absolute Gasteiger partial charge is 0.496 e. The summed E-state index contributed by atoms with van der Waals surface area (Å²) in [6, 6.07) is 14.9. The van der Waals surface area contributed by atoms with Gasteiger partial charge >= 0.3 is 0 Å². The molecule has 0 atom stereocenters. The van der Waals surface area contributed by atoms with E-state index in [4.69, 9.17) is 21.2 Å². The smallest absolute Gasteiger partial charge is 0.143 e. The Morgan fingerprint density at radius 2 is 2.00 bits per heavy atom. The maximum absolute atomic E-state index is 5.87. The Morgan fingerprint density at radius 3 is 2.79 bits per heavy atom. The molecule has 19 heavy (non-hydrogen) atoms. The van der Waals surface area contributed by atoms with Gasteiger partial charge in [0.15, 0.2) is 0 Å². The average molecular weight is 275 g/mol. The summed E-state index contributed by atoms with van der Waals surface area (Å²) in [5.41, 5.74) is 1.70. The van der Waals surface area contributed by atoms with Crippen molar-refractivity contribution in [3.05, 3.63) is 64.7 Å². The lowest BCUT2D eigenvalue weighted by atomic mass is 10.2. The standard InChI is InChI=1S/C15H13ClNO2/c1-18-15-8-3-2-6-13(15)10-17-19-11-12-5-4-7-14(16)9-12/h2-9H,11H2,1H3. The summed E-state index contributed by atoms with van der Waals surface area (Å²) in [4.78, 5) is 5.18. The van der Waals surface area contributed by atoms with Crippen LogP contribution in [0.1, 0.15) is 11.1 Å². The summed E-state index contributed by atoms with van der Waals surface area (Å²) in [5.74, 6) is 0.706. The van der Waals surface area contributed by atoms with Gasteiger partial charge in [-0.1, -0.05) is 41.0 Å². The van der Waals surface area contributed by atoms with Crippen molar-refractivity contribution in [2.45, 2.75) is 6.61 Å². The van der Waals surface area contributed by atoms with Crippen molar-refractivity contribution in [2.24, 2.45) is 5.16 Å². The molecule has 0 aromatic heterocycles. The number of ether oxygens (including phenoxy) is 1. The van der Waals surface area contributed by atoms with E-state index in [1.165, 1.54) is 0 Å². The lowest BCUT2D eigenvalue weighted by molar-refractivity contribution is 0.132. The van der Waals surface area contributed by atoms with Crippen LogP contribution in [0.3, 0.4) is 0 Å². The minimum atomic E-state index is 0.350. The van der Waals surface area contributed by atoms with Gasteiger partial charge in [0, 0.05) is 10.6 Å². The molecule has 0 N–H and O–H groups in total. The molecule has 0 fully saturated rings. The number of hydrogen-bond acceptors (Lipinski definition) is 3. The molecule has 97 valence electrons. The van der Waals surface area contributed by atoms with Crippen molar-refractivity contribution in [1.82, 2.24) is 0 Å². The number of nitrogens with zero attached hydrogens (tertiary/aromatic N) is 1. The van der Waals surface area contributed by atoms with Gasteiger partial charge in [0.25, 0.3) is 0 Å². The molecule has 0 bridgehead atoms. The van der Waals surface area contributed by atoms with Gasteiger partial charge in [-0.05, 0) is 29.8 Å². The molecule has 2 aromatic rings. The topological polar surface area (TPSA) is 30.8 Å². The van der Waals surface area contributed by atoms with E-state index in [0.717, 1.165) is 11.1 Å². The van der Waals surface area contributed by atoms with Crippen molar-refractivity contribution < 1.29 is 9.57 Å². The van der Waals surface area contributed by atoms with E-state index in [9.17, 15) is 0 Å². The number of benzene rings is 2. The first-order chi connectivity index (χ1) is 9.29. The second-order valence-electron chi connectivity index (χ2n) is 3.81. The Morgan fingerprint density at radius 1 is 1.16 bits per heavy atom. The summed E-state index contributed by atoms with van der Waals surface area (Å²) < 4.78 is 5.18. The lowest BCUT2D eigenvalue weighted by Gasteiger charge is -2.02. The minimum Gasteiger partial charge on any atom is -0.496 e. The van der Waals surface area contributed by atoms with Crippen LogP contribution in [0.5, 0.6) is 5.75 Å². The van der Waals surface area contributed by atoms with E-state index in [2.05, 4.69) is 11.4 Å². The molecular weight excluding hydrogens is 262 g/mol. The van der Waals surface area contributed by atoms with Crippen LogP contribution >= 0.6 is 11.6 Å². The van der Waals surface area contributed by atoms with Gasteiger partial charge in [-0.3, -0.25) is 0 Å². The second-order valence-corrected chi connectivity index (χ2v) is 4.24. The van der Waals surface area contributed by atoms with Crippen LogP contribution < -0.4 is 4.74 Å². The quantitative estimate of drug-likeness (QED) is 0.614. The Labute approximate surface area is 117 Å². The molecule has 0 aliphatic heterocycles. The van der Waals surface area contributed by atoms with E-state index in [1.807, 2.05) is 48.5 Å². The molecule has 0 spiro atoms. The zero-order chi connectivity index (χ0) is 13.5. The number of methoxy groups -OCH3 is 1. The highest BCUT2D eigenvalue weighted by atomic mass is 35.5. The first kappa shape index (κ1) is 13.4. The summed E-state index contributed by atoms with van der Waals surface area (Å²) >= 11 is 5.87. The van der Waals surface area contributed by atoms with Gasteiger partial charge in [-0.2, -0.15) is 0 Å². The summed E-state index contributed by atoms with van der Waals surface area (Å²) in [6.07, 6.45) is 2.79. The SMILES string of the molecule is COc1ccccc1/[C]=N\OCc1cccc(Cl)c1. The Bertz CT molecular complexity index is 570. The van der Waals surface area contributed by atoms with Crippen LogP contribution in [-0.4, -0.2) is 13.3 Å². The van der Waals surface area contributed by atoms with E-state index in [1.54, 1.807) is 7.11 Å². The van der Waals surface area contributed by atoms with Crippen LogP contribution in [0.2, 0.25) is 5.02 Å². The predicted molar refractivity (Wildman–Crippen MR) is 75.8 cm³/mol. The maximum Gasteiger partial charge on any atom is 0.143 e. The molecule has 0 aliphatic rings. The summed E-state index contributed by atoms with van der Waals surface area (Å²) in [6.45, 7) is 0.350. The molecule has 0 heterocycles. The Balaban J connectivity index is 1.93. The van der Waals surface area contributed by atoms with Crippen molar-refractivity contribution in [3.63, 3.8) is 0 Å². The molecule has 0 unspecified atom stereocenters. The van der Waals surface area contributed by atoms with Crippen LogP contribution in [-0.2, 0) is 11.4 Å². The van der Waals surface area contributed by atoms with Crippen LogP contribution in [0, 0.1) is 0 Å². The second kappa shape index (κ2) is 6.81. The minimum absolute atomic E-state index is 0.350. The van der Waals surface area contributed by atoms with Crippen molar-refractivity contribution in [3.8, 4) is 5.75 Å². The molecule has 0 aliphatic carbocycles. The van der Waals surface area contributed by atoms with Gasteiger partial charge in [0.2, 0.25) is 0 Å². The highest BCUT2D eigenvalue weighted by Gasteiger charge is 1.99. The third-order valence-electron chi connectivity index (χ3n) is 2.46. The van der Waals surface area contributed by atoms with Gasteiger partial charge in [0.05, 0.1) is 7.11 Å². The van der Waals surface area contributed by atoms with E-state index < -0.39 is 0 Å². The third kappa shape index (κ3) is 4.00. The maximum atomic E-state index is 5.87. The average Bonchev–Trinajstić information content (AvgIpc) is 2.44. The van der Waals surface area contributed by atoms with Gasteiger partial charge in [-0.15, -0.1) is 0 Å². The first-order valence-corrected chi connectivity index (χ1v) is 6.13. The van der Waals surface area contributed by atoms with Crippen LogP contribution in [0.4, 0.5) is 0 Å². The summed E-state index contributed by atoms with van der Waals surface area (Å²) in [7, 11) is 1.60. The highest BCUT2D eigenvalue weighted by Crippen LogP contribution is 2.15. The zero-order valence-corrected chi connectivity index (χ0v) is 11.2.